The molecule has 0 saturated heterocycles. The van der Waals surface area contributed by atoms with E-state index in [9.17, 15) is 9.90 Å². The van der Waals surface area contributed by atoms with Crippen LogP contribution in [0.3, 0.4) is 0 Å². The van der Waals surface area contributed by atoms with Crippen LogP contribution in [-0.2, 0) is 11.2 Å². The van der Waals surface area contributed by atoms with Crippen molar-refractivity contribution >= 4 is 5.97 Å². The van der Waals surface area contributed by atoms with Gasteiger partial charge in [-0.1, -0.05) is 19.1 Å². The third-order valence-electron chi connectivity index (χ3n) is 2.29. The number of aliphatic carboxylic acids is 1. The summed E-state index contributed by atoms with van der Waals surface area (Å²) < 4.78 is 5.24. The summed E-state index contributed by atoms with van der Waals surface area (Å²) in [6.45, 7) is 2.96. The van der Waals surface area contributed by atoms with E-state index in [0.717, 1.165) is 12.0 Å². The number of aryl methyl sites for hydroxylation is 1. The molecule has 4 heteroatoms. The number of ether oxygens (including phenoxy) is 1. The minimum atomic E-state index is -1.86. The predicted molar refractivity (Wildman–Crippen MR) is 59.6 cm³/mol. The fourth-order valence-electron chi connectivity index (χ4n) is 1.14. The van der Waals surface area contributed by atoms with Gasteiger partial charge in [-0.3, -0.25) is 0 Å². The zero-order chi connectivity index (χ0) is 12.2. The van der Waals surface area contributed by atoms with E-state index in [1.54, 1.807) is 6.07 Å². The van der Waals surface area contributed by atoms with Crippen molar-refractivity contribution in [3.05, 3.63) is 29.8 Å². The fraction of sp³-hybridized carbons (Fsp3) is 0.417. The van der Waals surface area contributed by atoms with Crippen molar-refractivity contribution in [3.8, 4) is 5.75 Å². The summed E-state index contributed by atoms with van der Waals surface area (Å²) >= 11 is 0. The Morgan fingerprint density at radius 3 is 2.75 bits per heavy atom. The Kier molecular flexibility index (Phi) is 3.90. The minimum Gasteiger partial charge on any atom is -0.490 e. The van der Waals surface area contributed by atoms with E-state index >= 15 is 0 Å². The average molecular weight is 224 g/mol. The maximum Gasteiger partial charge on any atom is 0.339 e. The lowest BCUT2D eigenvalue weighted by atomic mass is 10.1. The highest BCUT2D eigenvalue weighted by Gasteiger charge is 2.30. The van der Waals surface area contributed by atoms with Crippen molar-refractivity contribution in [2.75, 3.05) is 6.61 Å². The number of hydrogen-bond acceptors (Lipinski definition) is 3. The molecule has 1 unspecified atom stereocenters. The van der Waals surface area contributed by atoms with Crippen LogP contribution in [0.2, 0.25) is 0 Å². The summed E-state index contributed by atoms with van der Waals surface area (Å²) in [5.74, 6) is -0.722. The van der Waals surface area contributed by atoms with Gasteiger partial charge in [0.2, 0.25) is 0 Å². The Morgan fingerprint density at radius 1 is 1.50 bits per heavy atom. The van der Waals surface area contributed by atoms with Gasteiger partial charge in [0.15, 0.2) is 5.60 Å². The topological polar surface area (TPSA) is 66.8 Å². The monoisotopic (exact) mass is 224 g/mol. The van der Waals surface area contributed by atoms with Gasteiger partial charge in [-0.15, -0.1) is 0 Å². The van der Waals surface area contributed by atoms with Gasteiger partial charge in [0, 0.05) is 0 Å². The summed E-state index contributed by atoms with van der Waals surface area (Å²) in [7, 11) is 0. The first-order chi connectivity index (χ1) is 7.45. The first kappa shape index (κ1) is 12.5. The van der Waals surface area contributed by atoms with Crippen LogP contribution in [0.5, 0.6) is 5.75 Å². The Bertz CT molecular complexity index is 371. The first-order valence-electron chi connectivity index (χ1n) is 5.13. The van der Waals surface area contributed by atoms with Crippen LogP contribution in [-0.4, -0.2) is 28.4 Å². The molecule has 1 aromatic carbocycles. The molecular formula is C12H16O4. The van der Waals surface area contributed by atoms with Crippen LogP contribution in [0.15, 0.2) is 24.3 Å². The highest BCUT2D eigenvalue weighted by Crippen LogP contribution is 2.15. The molecule has 0 aliphatic heterocycles. The number of carbonyl (C=O) groups is 1. The maximum absolute atomic E-state index is 10.6. The lowest BCUT2D eigenvalue weighted by Crippen LogP contribution is -2.41. The van der Waals surface area contributed by atoms with E-state index in [1.165, 1.54) is 6.92 Å². The van der Waals surface area contributed by atoms with Gasteiger partial charge >= 0.3 is 5.97 Å². The zero-order valence-electron chi connectivity index (χ0n) is 9.43. The predicted octanol–water partition coefficient (Wildman–Crippen LogP) is 1.46. The van der Waals surface area contributed by atoms with E-state index in [-0.39, 0.29) is 6.61 Å². The van der Waals surface area contributed by atoms with Gasteiger partial charge in [0.25, 0.3) is 0 Å². The van der Waals surface area contributed by atoms with Crippen LogP contribution in [0, 0.1) is 0 Å². The molecule has 0 bridgehead atoms. The van der Waals surface area contributed by atoms with E-state index in [1.807, 2.05) is 25.1 Å². The molecule has 0 spiro atoms. The number of rotatable bonds is 5. The molecule has 1 aromatic rings. The molecular weight excluding hydrogens is 208 g/mol. The molecule has 2 N–H and O–H groups in total. The van der Waals surface area contributed by atoms with Crippen LogP contribution in [0.25, 0.3) is 0 Å². The number of carboxylic acids is 1. The van der Waals surface area contributed by atoms with Gasteiger partial charge in [-0.25, -0.2) is 4.79 Å². The highest BCUT2D eigenvalue weighted by molar-refractivity contribution is 5.76. The normalized spacial score (nSPS) is 14.2. The second-order valence-corrected chi connectivity index (χ2v) is 3.87. The molecule has 0 radical (unpaired) electrons. The third-order valence-corrected chi connectivity index (χ3v) is 2.29. The van der Waals surface area contributed by atoms with Crippen molar-refractivity contribution < 1.29 is 19.7 Å². The molecule has 1 atom stereocenters. The molecule has 0 aliphatic carbocycles. The Hall–Kier alpha value is -1.55. The second kappa shape index (κ2) is 4.99. The third kappa shape index (κ3) is 3.24. The number of aliphatic hydroxyl groups is 1. The molecule has 88 valence electrons. The molecule has 4 nitrogen and oxygen atoms in total. The van der Waals surface area contributed by atoms with E-state index in [4.69, 9.17) is 9.84 Å². The molecule has 16 heavy (non-hydrogen) atoms. The largest absolute Gasteiger partial charge is 0.490 e. The van der Waals surface area contributed by atoms with Crippen LogP contribution in [0.1, 0.15) is 19.4 Å². The van der Waals surface area contributed by atoms with Crippen molar-refractivity contribution in [2.45, 2.75) is 25.9 Å². The summed E-state index contributed by atoms with van der Waals surface area (Å²) in [5, 5.41) is 18.1. The SMILES string of the molecule is CCc1cccc(OCC(C)(O)C(=O)O)c1. The Balaban J connectivity index is 2.64. The minimum absolute atomic E-state index is 0.268. The van der Waals surface area contributed by atoms with E-state index in [0.29, 0.717) is 5.75 Å². The summed E-state index contributed by atoms with van der Waals surface area (Å²) in [6.07, 6.45) is 0.881. The summed E-state index contributed by atoms with van der Waals surface area (Å²) in [5.41, 5.74) is -0.755. The van der Waals surface area contributed by atoms with Gasteiger partial charge in [-0.05, 0) is 31.0 Å². The Labute approximate surface area is 94.5 Å². The summed E-state index contributed by atoms with van der Waals surface area (Å²) in [6, 6.07) is 7.36. The molecule has 0 aliphatic rings. The highest BCUT2D eigenvalue weighted by atomic mass is 16.5. The van der Waals surface area contributed by atoms with E-state index < -0.39 is 11.6 Å². The first-order valence-corrected chi connectivity index (χ1v) is 5.13. The second-order valence-electron chi connectivity index (χ2n) is 3.87. The number of benzene rings is 1. The fourth-order valence-corrected chi connectivity index (χ4v) is 1.14. The van der Waals surface area contributed by atoms with Crippen molar-refractivity contribution in [2.24, 2.45) is 0 Å². The maximum atomic E-state index is 10.6. The van der Waals surface area contributed by atoms with E-state index in [2.05, 4.69) is 0 Å². The Morgan fingerprint density at radius 2 is 2.19 bits per heavy atom. The molecule has 0 aromatic heterocycles. The quantitative estimate of drug-likeness (QED) is 0.794. The lowest BCUT2D eigenvalue weighted by Gasteiger charge is -2.18. The van der Waals surface area contributed by atoms with Crippen molar-refractivity contribution in [3.63, 3.8) is 0 Å². The molecule has 0 saturated carbocycles. The zero-order valence-corrected chi connectivity index (χ0v) is 9.43. The van der Waals surface area contributed by atoms with Gasteiger partial charge in [0.05, 0.1) is 0 Å². The van der Waals surface area contributed by atoms with Crippen LogP contribution < -0.4 is 4.74 Å². The van der Waals surface area contributed by atoms with Crippen molar-refractivity contribution in [1.29, 1.82) is 0 Å². The number of carboxylic acid groups (broad SMARTS) is 1. The van der Waals surface area contributed by atoms with Gasteiger partial charge in [-0.2, -0.15) is 0 Å². The summed E-state index contributed by atoms with van der Waals surface area (Å²) in [4.78, 5) is 10.6. The number of hydrogen-bond donors (Lipinski definition) is 2. The molecule has 1 rings (SSSR count). The van der Waals surface area contributed by atoms with Crippen LogP contribution in [0.4, 0.5) is 0 Å². The molecule has 0 fully saturated rings. The standard InChI is InChI=1S/C12H16O4/c1-3-9-5-4-6-10(7-9)16-8-12(2,15)11(13)14/h4-7,15H,3,8H2,1-2H3,(H,13,14). The molecule has 0 heterocycles. The smallest absolute Gasteiger partial charge is 0.339 e. The lowest BCUT2D eigenvalue weighted by molar-refractivity contribution is -0.159. The van der Waals surface area contributed by atoms with Crippen molar-refractivity contribution in [1.82, 2.24) is 0 Å². The van der Waals surface area contributed by atoms with Gasteiger partial charge < -0.3 is 14.9 Å². The molecule has 0 amide bonds. The van der Waals surface area contributed by atoms with Gasteiger partial charge in [0.1, 0.15) is 12.4 Å². The van der Waals surface area contributed by atoms with Crippen LogP contribution >= 0.6 is 0 Å². The average Bonchev–Trinajstić information content (AvgIpc) is 2.26.